The van der Waals surface area contributed by atoms with E-state index in [-0.39, 0.29) is 17.4 Å². The minimum atomic E-state index is -0.313. The van der Waals surface area contributed by atoms with Gasteiger partial charge in [-0.25, -0.2) is 0 Å². The van der Waals surface area contributed by atoms with Gasteiger partial charge in [-0.1, -0.05) is 88.1 Å². The van der Waals surface area contributed by atoms with Crippen LogP contribution in [0.15, 0.2) is 58.7 Å². The summed E-state index contributed by atoms with van der Waals surface area (Å²) in [7, 11) is 0. The van der Waals surface area contributed by atoms with Crippen LogP contribution in [0.3, 0.4) is 0 Å². The number of carbonyl (C=O) groups is 2. The number of fused-ring (bicyclic) bond motifs is 4. The predicted octanol–water partition coefficient (Wildman–Crippen LogP) is 10.0. The lowest BCUT2D eigenvalue weighted by atomic mass is 9.76. The molecular weight excluding hydrogens is 508 g/mol. The summed E-state index contributed by atoms with van der Waals surface area (Å²) in [5.74, 6) is 0.834. The van der Waals surface area contributed by atoms with Gasteiger partial charge in [0, 0.05) is 16.5 Å². The predicted molar refractivity (Wildman–Crippen MR) is 171 cm³/mol. The Labute approximate surface area is 249 Å². The number of rotatable bonds is 8. The van der Waals surface area contributed by atoms with Crippen molar-refractivity contribution < 1.29 is 19.1 Å². The van der Waals surface area contributed by atoms with Crippen molar-refractivity contribution in [3.63, 3.8) is 0 Å². The van der Waals surface area contributed by atoms with Gasteiger partial charge in [0.2, 0.25) is 0 Å². The zero-order valence-corrected chi connectivity index (χ0v) is 27.3. The summed E-state index contributed by atoms with van der Waals surface area (Å²) in [6, 6.07) is 12.1. The van der Waals surface area contributed by atoms with E-state index >= 15 is 0 Å². The first-order valence-corrected chi connectivity index (χ1v) is 15.7. The van der Waals surface area contributed by atoms with Gasteiger partial charge in [0.25, 0.3) is 0 Å². The Kier molecular flexibility index (Phi) is 13.1. The first-order valence-electron chi connectivity index (χ1n) is 15.7. The molecule has 2 aliphatic rings. The Balaban J connectivity index is 0.00000141. The number of esters is 2. The molecule has 0 aliphatic heterocycles. The lowest BCUT2D eigenvalue weighted by Gasteiger charge is -2.29. The number of aryl methyl sites for hydroxylation is 2. The number of allylic oxidation sites excluding steroid dienone is 2. The fourth-order valence-electron chi connectivity index (χ4n) is 5.93. The maximum absolute atomic E-state index is 13.0. The molecule has 0 saturated heterocycles. The molecular formula is C37H52O4. The third-order valence-corrected chi connectivity index (χ3v) is 8.61. The zero-order valence-electron chi connectivity index (χ0n) is 27.3. The summed E-state index contributed by atoms with van der Waals surface area (Å²) < 4.78 is 12.1. The van der Waals surface area contributed by atoms with Gasteiger partial charge in [-0.3, -0.25) is 9.59 Å². The number of ether oxygens (including phenoxy) is 2. The summed E-state index contributed by atoms with van der Waals surface area (Å²) in [6.45, 7) is 20.3. The van der Waals surface area contributed by atoms with E-state index in [1.165, 1.54) is 22.3 Å². The first kappa shape index (κ1) is 34.1. The first-order chi connectivity index (χ1) is 19.7. The van der Waals surface area contributed by atoms with Crippen molar-refractivity contribution in [1.82, 2.24) is 0 Å². The molecule has 2 aromatic carbocycles. The van der Waals surface area contributed by atoms with E-state index in [1.807, 2.05) is 65.8 Å². The molecule has 0 fully saturated rings. The Morgan fingerprint density at radius 3 is 1.34 bits per heavy atom. The normalized spacial score (nSPS) is 15.3. The van der Waals surface area contributed by atoms with Gasteiger partial charge < -0.3 is 9.47 Å². The fourth-order valence-corrected chi connectivity index (χ4v) is 5.93. The molecule has 0 heterocycles. The number of carbonyl (C=O) groups excluding carboxylic acids is 2. The third kappa shape index (κ3) is 7.58. The highest BCUT2D eigenvalue weighted by molar-refractivity contribution is 5.78. The van der Waals surface area contributed by atoms with Crippen molar-refractivity contribution in [3.05, 3.63) is 80.9 Å². The third-order valence-electron chi connectivity index (χ3n) is 8.61. The van der Waals surface area contributed by atoms with Crippen LogP contribution in [0.4, 0.5) is 0 Å². The molecule has 0 saturated carbocycles. The van der Waals surface area contributed by atoms with Crippen molar-refractivity contribution in [3.8, 4) is 11.5 Å². The smallest absolute Gasteiger partial charge is 0.315 e. The van der Waals surface area contributed by atoms with Crippen molar-refractivity contribution in [2.45, 2.75) is 126 Å². The van der Waals surface area contributed by atoms with E-state index in [4.69, 9.17) is 9.47 Å². The average molecular weight is 561 g/mol. The topological polar surface area (TPSA) is 52.6 Å². The van der Waals surface area contributed by atoms with Crippen LogP contribution in [-0.4, -0.2) is 11.9 Å². The maximum atomic E-state index is 13.0. The monoisotopic (exact) mass is 560 g/mol. The molecule has 0 radical (unpaired) electrons. The minimum Gasteiger partial charge on any atom is -0.426 e. The zero-order chi connectivity index (χ0) is 30.7. The standard InChI is InChI=1S/C33H40O4.2C2H6/c1-7-21(3)23(5)19-29(34)36-27-13-9-11-25-15-17-33(31(25)27)18-16-26-12-10-14-28(32(26)33)37-30(35)20-24(6)22(4)8-2;2*1-2/h9-14H,7-8,15-20H2,1-6H3;2*1-2H3/b23-21+,24-22+;;. The van der Waals surface area contributed by atoms with Crippen LogP contribution in [0.5, 0.6) is 11.5 Å². The van der Waals surface area contributed by atoms with E-state index in [1.54, 1.807) is 0 Å². The molecule has 2 aromatic rings. The van der Waals surface area contributed by atoms with E-state index in [9.17, 15) is 9.59 Å². The lowest BCUT2D eigenvalue weighted by molar-refractivity contribution is -0.134. The molecule has 0 amide bonds. The Morgan fingerprint density at radius 1 is 0.634 bits per heavy atom. The quantitative estimate of drug-likeness (QED) is 0.183. The van der Waals surface area contributed by atoms with Gasteiger partial charge >= 0.3 is 11.9 Å². The summed E-state index contributed by atoms with van der Waals surface area (Å²) in [5.41, 5.74) is 8.89. The second-order valence-corrected chi connectivity index (χ2v) is 10.8. The van der Waals surface area contributed by atoms with E-state index in [0.29, 0.717) is 24.3 Å². The van der Waals surface area contributed by atoms with Gasteiger partial charge in [-0.15, -0.1) is 0 Å². The molecule has 0 bridgehead atoms. The van der Waals surface area contributed by atoms with Gasteiger partial charge in [0.15, 0.2) is 0 Å². The van der Waals surface area contributed by atoms with E-state index < -0.39 is 0 Å². The Hall–Kier alpha value is -3.14. The number of hydrogen-bond donors (Lipinski definition) is 0. The molecule has 1 spiro atoms. The minimum absolute atomic E-state index is 0.229. The maximum Gasteiger partial charge on any atom is 0.315 e. The molecule has 0 unspecified atom stereocenters. The summed E-state index contributed by atoms with van der Waals surface area (Å²) >= 11 is 0. The second kappa shape index (κ2) is 15.7. The van der Waals surface area contributed by atoms with Crippen LogP contribution in [0.25, 0.3) is 0 Å². The summed E-state index contributed by atoms with van der Waals surface area (Å²) in [5, 5.41) is 0. The molecule has 4 rings (SSSR count). The van der Waals surface area contributed by atoms with Crippen LogP contribution >= 0.6 is 0 Å². The van der Waals surface area contributed by atoms with Crippen LogP contribution in [0.1, 0.15) is 130 Å². The second-order valence-electron chi connectivity index (χ2n) is 10.8. The van der Waals surface area contributed by atoms with Crippen molar-refractivity contribution in [2.75, 3.05) is 0 Å². The molecule has 2 aliphatic carbocycles. The highest BCUT2D eigenvalue weighted by atomic mass is 16.5. The molecule has 0 aromatic heterocycles. The number of hydrogen-bond acceptors (Lipinski definition) is 4. The van der Waals surface area contributed by atoms with Crippen LogP contribution in [0, 0.1) is 0 Å². The van der Waals surface area contributed by atoms with Gasteiger partial charge in [-0.2, -0.15) is 0 Å². The van der Waals surface area contributed by atoms with Crippen LogP contribution < -0.4 is 9.47 Å². The van der Waals surface area contributed by atoms with Gasteiger partial charge in [0.05, 0.1) is 12.8 Å². The summed E-state index contributed by atoms with van der Waals surface area (Å²) in [4.78, 5) is 25.9. The number of benzene rings is 2. The van der Waals surface area contributed by atoms with Crippen LogP contribution in [0.2, 0.25) is 0 Å². The Bertz CT molecular complexity index is 1180. The lowest BCUT2D eigenvalue weighted by Crippen LogP contribution is -2.24. The van der Waals surface area contributed by atoms with Crippen molar-refractivity contribution in [1.29, 1.82) is 0 Å². The average Bonchev–Trinajstić information content (AvgIpc) is 3.56. The van der Waals surface area contributed by atoms with Crippen molar-refractivity contribution >= 4 is 11.9 Å². The van der Waals surface area contributed by atoms with Gasteiger partial charge in [0.1, 0.15) is 11.5 Å². The van der Waals surface area contributed by atoms with Crippen LogP contribution in [-0.2, 0) is 27.8 Å². The van der Waals surface area contributed by atoms with Crippen molar-refractivity contribution in [2.24, 2.45) is 0 Å². The molecule has 0 atom stereocenters. The highest BCUT2D eigenvalue weighted by Gasteiger charge is 2.48. The van der Waals surface area contributed by atoms with Gasteiger partial charge in [-0.05, 0) is 89.5 Å². The summed E-state index contributed by atoms with van der Waals surface area (Å²) in [6.07, 6.45) is 6.09. The fraction of sp³-hybridized carbons (Fsp3) is 0.514. The highest BCUT2D eigenvalue weighted by Crippen LogP contribution is 2.57. The van der Waals surface area contributed by atoms with E-state index in [2.05, 4.69) is 39.8 Å². The molecule has 0 N–H and O–H groups in total. The molecule has 4 heteroatoms. The molecule has 41 heavy (non-hydrogen) atoms. The SMILES string of the molecule is CC.CC.CC/C(C)=C(\C)CC(=O)Oc1cccc2c1C1(CC2)CCc2cccc(OC(=O)C/C(C)=C(\C)CC)c21. The van der Waals surface area contributed by atoms with E-state index in [0.717, 1.165) is 60.8 Å². The Morgan fingerprint density at radius 2 is 1.00 bits per heavy atom. The molecule has 4 nitrogen and oxygen atoms in total. The largest absolute Gasteiger partial charge is 0.426 e. The molecule has 224 valence electrons.